The summed E-state index contributed by atoms with van der Waals surface area (Å²) in [5.41, 5.74) is 0. The molecule has 1 heterocycles. The minimum Gasteiger partial charge on any atom is -0.493 e. The van der Waals surface area contributed by atoms with Gasteiger partial charge in [0.15, 0.2) is 11.6 Å². The zero-order valence-corrected chi connectivity index (χ0v) is 15.4. The summed E-state index contributed by atoms with van der Waals surface area (Å²) < 4.78 is 31.7. The first-order chi connectivity index (χ1) is 11.1. The first-order valence-electron chi connectivity index (χ1n) is 8.83. The van der Waals surface area contributed by atoms with Gasteiger partial charge in [-0.05, 0) is 67.7 Å². The van der Waals surface area contributed by atoms with Crippen molar-refractivity contribution in [2.24, 2.45) is 17.8 Å². The molecule has 1 saturated heterocycles. The topological polar surface area (TPSA) is 9.23 Å². The Morgan fingerprint density at radius 1 is 0.957 bits per heavy atom. The summed E-state index contributed by atoms with van der Waals surface area (Å²) in [6, 6.07) is 6.38. The molecule has 2 fully saturated rings. The van der Waals surface area contributed by atoms with Crippen LogP contribution in [0.1, 0.15) is 38.5 Å². The summed E-state index contributed by atoms with van der Waals surface area (Å²) in [6.07, 6.45) is 7.64. The third-order valence-electron chi connectivity index (χ3n) is 5.64. The summed E-state index contributed by atoms with van der Waals surface area (Å²) in [7, 11) is -0.859. The van der Waals surface area contributed by atoms with Crippen LogP contribution in [-0.2, 0) is 0 Å². The highest BCUT2D eigenvalue weighted by Gasteiger charge is 2.31. The van der Waals surface area contributed by atoms with Crippen LogP contribution in [0, 0.1) is 29.4 Å². The van der Waals surface area contributed by atoms with Gasteiger partial charge in [-0.3, -0.25) is 0 Å². The van der Waals surface area contributed by atoms with Crippen molar-refractivity contribution in [3.05, 3.63) is 29.8 Å². The van der Waals surface area contributed by atoms with Crippen molar-refractivity contribution in [3.8, 4) is 5.75 Å². The van der Waals surface area contributed by atoms with Crippen molar-refractivity contribution in [2.45, 2.75) is 50.6 Å². The standard InChI is InChI=1S/C18H25ClF2OSi/c19-23-9-7-15(8-10-23)14-3-1-13(2-4-14)12-22-16-5-6-17(20)18(21)11-16/h5-6,11,13-15,23H,1-4,7-10,12H2/t13?,14?,15-,23-. The quantitative estimate of drug-likeness (QED) is 0.508. The number of hydrogen-bond donors (Lipinski definition) is 0. The van der Waals surface area contributed by atoms with Gasteiger partial charge in [-0.1, -0.05) is 12.8 Å². The number of ether oxygens (including phenoxy) is 1. The predicted molar refractivity (Wildman–Crippen MR) is 92.6 cm³/mol. The molecule has 0 atom stereocenters. The minimum atomic E-state index is -0.859. The molecule has 0 N–H and O–H groups in total. The van der Waals surface area contributed by atoms with Crippen molar-refractivity contribution >= 4 is 19.2 Å². The minimum absolute atomic E-state index is 0.427. The van der Waals surface area contributed by atoms with Crippen LogP contribution in [0.3, 0.4) is 0 Å². The van der Waals surface area contributed by atoms with Gasteiger partial charge in [-0.25, -0.2) is 8.78 Å². The molecule has 23 heavy (non-hydrogen) atoms. The SMILES string of the molecule is Fc1ccc(OCC2CCC([C@H]3CC[Si@H](Cl)CC3)CC2)cc1F. The van der Waals surface area contributed by atoms with Crippen LogP contribution in [0.25, 0.3) is 0 Å². The smallest absolute Gasteiger partial charge is 0.162 e. The fourth-order valence-corrected chi connectivity index (χ4v) is 6.78. The van der Waals surface area contributed by atoms with E-state index in [0.29, 0.717) is 18.3 Å². The molecule has 1 saturated carbocycles. The van der Waals surface area contributed by atoms with Gasteiger partial charge in [0.1, 0.15) is 13.9 Å². The van der Waals surface area contributed by atoms with E-state index in [1.807, 2.05) is 0 Å². The molecule has 1 aromatic carbocycles. The van der Waals surface area contributed by atoms with Crippen molar-refractivity contribution < 1.29 is 13.5 Å². The van der Waals surface area contributed by atoms with Crippen molar-refractivity contribution in [2.75, 3.05) is 6.61 Å². The molecule has 1 aliphatic heterocycles. The maximum Gasteiger partial charge on any atom is 0.162 e. The Bertz CT molecular complexity index is 512. The van der Waals surface area contributed by atoms with Gasteiger partial charge in [-0.2, -0.15) is 11.1 Å². The summed E-state index contributed by atoms with van der Waals surface area (Å²) in [5.74, 6) is 1.06. The van der Waals surface area contributed by atoms with Gasteiger partial charge in [0, 0.05) is 6.07 Å². The van der Waals surface area contributed by atoms with E-state index in [4.69, 9.17) is 15.8 Å². The van der Waals surface area contributed by atoms with Gasteiger partial charge in [0.2, 0.25) is 0 Å². The Morgan fingerprint density at radius 3 is 2.26 bits per heavy atom. The lowest BCUT2D eigenvalue weighted by molar-refractivity contribution is 0.148. The Morgan fingerprint density at radius 2 is 1.61 bits per heavy atom. The van der Waals surface area contributed by atoms with Gasteiger partial charge in [0.05, 0.1) is 6.61 Å². The molecule has 1 aliphatic carbocycles. The molecule has 0 unspecified atom stereocenters. The summed E-state index contributed by atoms with van der Waals surface area (Å²) in [4.78, 5) is 0. The molecular weight excluding hydrogens is 334 g/mol. The maximum absolute atomic E-state index is 13.2. The highest BCUT2D eigenvalue weighted by Crippen LogP contribution is 2.40. The Kier molecular flexibility index (Phi) is 5.97. The molecule has 3 rings (SSSR count). The molecule has 1 aromatic rings. The second-order valence-electron chi connectivity index (χ2n) is 7.18. The van der Waals surface area contributed by atoms with Gasteiger partial charge >= 0.3 is 0 Å². The van der Waals surface area contributed by atoms with Crippen LogP contribution >= 0.6 is 11.1 Å². The largest absolute Gasteiger partial charge is 0.493 e. The first kappa shape index (κ1) is 17.2. The lowest BCUT2D eigenvalue weighted by atomic mass is 9.74. The number of halogens is 3. The second-order valence-corrected chi connectivity index (χ2v) is 11.4. The first-order valence-corrected chi connectivity index (χ1v) is 12.2. The van der Waals surface area contributed by atoms with Gasteiger partial charge < -0.3 is 4.74 Å². The molecular formula is C18H25ClF2OSi. The normalized spacial score (nSPS) is 31.8. The second kappa shape index (κ2) is 7.97. The fraction of sp³-hybridized carbons (Fsp3) is 0.667. The van der Waals surface area contributed by atoms with E-state index >= 15 is 0 Å². The Labute approximate surface area is 143 Å². The summed E-state index contributed by atoms with van der Waals surface area (Å²) in [5, 5.41) is 0. The van der Waals surface area contributed by atoms with Crippen LogP contribution in [-0.4, -0.2) is 14.7 Å². The van der Waals surface area contributed by atoms with Crippen LogP contribution in [0.15, 0.2) is 18.2 Å². The van der Waals surface area contributed by atoms with Crippen LogP contribution in [0.2, 0.25) is 12.1 Å². The maximum atomic E-state index is 13.2. The highest BCUT2D eigenvalue weighted by atomic mass is 35.6. The van der Waals surface area contributed by atoms with E-state index in [2.05, 4.69) is 0 Å². The highest BCUT2D eigenvalue weighted by molar-refractivity contribution is 7.07. The summed E-state index contributed by atoms with van der Waals surface area (Å²) >= 11 is 6.34. The molecule has 2 aliphatic rings. The van der Waals surface area contributed by atoms with E-state index < -0.39 is 19.7 Å². The van der Waals surface area contributed by atoms with E-state index in [9.17, 15) is 8.78 Å². The fourth-order valence-electron chi connectivity index (χ4n) is 4.16. The van der Waals surface area contributed by atoms with E-state index in [1.54, 1.807) is 0 Å². The van der Waals surface area contributed by atoms with Crippen LogP contribution in [0.4, 0.5) is 8.78 Å². The lowest BCUT2D eigenvalue weighted by Gasteiger charge is -2.36. The Balaban J connectivity index is 1.41. The zero-order chi connectivity index (χ0) is 16.2. The molecule has 0 aromatic heterocycles. The molecule has 0 bridgehead atoms. The number of benzene rings is 1. The number of hydrogen-bond acceptors (Lipinski definition) is 1. The third kappa shape index (κ3) is 4.69. The van der Waals surface area contributed by atoms with Crippen molar-refractivity contribution in [1.82, 2.24) is 0 Å². The van der Waals surface area contributed by atoms with E-state index in [0.717, 1.165) is 24.0 Å². The van der Waals surface area contributed by atoms with Crippen molar-refractivity contribution in [1.29, 1.82) is 0 Å². The molecule has 1 nitrogen and oxygen atoms in total. The third-order valence-corrected chi connectivity index (χ3v) is 8.87. The van der Waals surface area contributed by atoms with E-state index in [-0.39, 0.29) is 0 Å². The monoisotopic (exact) mass is 358 g/mol. The molecule has 128 valence electrons. The van der Waals surface area contributed by atoms with Gasteiger partial charge in [-0.15, -0.1) is 0 Å². The predicted octanol–water partition coefficient (Wildman–Crippen LogP) is 5.52. The Hall–Kier alpha value is -0.613. The van der Waals surface area contributed by atoms with Crippen molar-refractivity contribution in [3.63, 3.8) is 0 Å². The zero-order valence-electron chi connectivity index (χ0n) is 13.4. The number of rotatable bonds is 4. The molecule has 5 heteroatoms. The molecule has 0 amide bonds. The van der Waals surface area contributed by atoms with Crippen LogP contribution < -0.4 is 4.74 Å². The lowest BCUT2D eigenvalue weighted by Crippen LogP contribution is -2.28. The van der Waals surface area contributed by atoms with Gasteiger partial charge in [0.25, 0.3) is 0 Å². The molecule has 0 radical (unpaired) electrons. The average Bonchev–Trinajstić information content (AvgIpc) is 2.57. The van der Waals surface area contributed by atoms with Crippen LogP contribution in [0.5, 0.6) is 5.75 Å². The average molecular weight is 359 g/mol. The summed E-state index contributed by atoms with van der Waals surface area (Å²) in [6.45, 7) is 0.610. The van der Waals surface area contributed by atoms with E-state index in [1.165, 1.54) is 56.7 Å². The molecule has 0 spiro atoms.